The molecule has 0 heterocycles. The molecule has 0 atom stereocenters. The van der Waals surface area contributed by atoms with Crippen molar-refractivity contribution in [2.75, 3.05) is 0 Å². The van der Waals surface area contributed by atoms with Crippen LogP contribution in [0, 0.1) is 0 Å². The zero-order chi connectivity index (χ0) is 13.2. The molecule has 0 fully saturated rings. The van der Waals surface area contributed by atoms with Crippen molar-refractivity contribution < 1.29 is 17.9 Å². The van der Waals surface area contributed by atoms with Crippen LogP contribution in [-0.4, -0.2) is 0 Å². The molecule has 5 heteroatoms. The summed E-state index contributed by atoms with van der Waals surface area (Å²) < 4.78 is 43.4. The van der Waals surface area contributed by atoms with Gasteiger partial charge in [0.05, 0.1) is 5.56 Å². The lowest BCUT2D eigenvalue weighted by Crippen LogP contribution is -2.06. The van der Waals surface area contributed by atoms with Gasteiger partial charge in [-0.1, -0.05) is 23.7 Å². The summed E-state index contributed by atoms with van der Waals surface area (Å²) in [7, 11) is 0. The minimum Gasteiger partial charge on any atom is -0.457 e. The summed E-state index contributed by atoms with van der Waals surface area (Å²) in [5.41, 5.74) is -0.806. The molecule has 2 aromatic rings. The van der Waals surface area contributed by atoms with E-state index in [4.69, 9.17) is 16.3 Å². The van der Waals surface area contributed by atoms with E-state index in [1.54, 1.807) is 12.1 Å². The SMILES string of the molecule is FC(F)(F)c1ccccc1Oc1ccc(Cl)cc1. The van der Waals surface area contributed by atoms with Gasteiger partial charge in [0.1, 0.15) is 11.5 Å². The van der Waals surface area contributed by atoms with Crippen molar-refractivity contribution in [2.24, 2.45) is 0 Å². The fourth-order valence-corrected chi connectivity index (χ4v) is 1.55. The van der Waals surface area contributed by atoms with Gasteiger partial charge in [-0.25, -0.2) is 0 Å². The van der Waals surface area contributed by atoms with Crippen LogP contribution in [0.25, 0.3) is 0 Å². The first-order valence-corrected chi connectivity index (χ1v) is 5.44. The lowest BCUT2D eigenvalue weighted by Gasteiger charge is -2.13. The Kier molecular flexibility index (Phi) is 3.48. The van der Waals surface area contributed by atoms with Gasteiger partial charge in [0.15, 0.2) is 0 Å². The first kappa shape index (κ1) is 12.8. The Hall–Kier alpha value is -1.68. The van der Waals surface area contributed by atoms with E-state index in [1.807, 2.05) is 0 Å². The summed E-state index contributed by atoms with van der Waals surface area (Å²) in [5, 5.41) is 0.492. The van der Waals surface area contributed by atoms with Crippen molar-refractivity contribution in [3.8, 4) is 11.5 Å². The number of hydrogen-bond donors (Lipinski definition) is 0. The number of rotatable bonds is 2. The Labute approximate surface area is 107 Å². The molecular weight excluding hydrogens is 265 g/mol. The van der Waals surface area contributed by atoms with Gasteiger partial charge in [-0.15, -0.1) is 0 Å². The number of para-hydroxylation sites is 1. The third-order valence-corrected chi connectivity index (χ3v) is 2.49. The van der Waals surface area contributed by atoms with Gasteiger partial charge in [0.25, 0.3) is 0 Å². The van der Waals surface area contributed by atoms with E-state index < -0.39 is 11.7 Å². The second kappa shape index (κ2) is 4.90. The van der Waals surface area contributed by atoms with Crippen LogP contribution in [0.4, 0.5) is 13.2 Å². The van der Waals surface area contributed by atoms with Crippen LogP contribution in [0.3, 0.4) is 0 Å². The molecular formula is C13H8ClF3O. The molecule has 2 rings (SSSR count). The largest absolute Gasteiger partial charge is 0.457 e. The smallest absolute Gasteiger partial charge is 0.419 e. The van der Waals surface area contributed by atoms with Gasteiger partial charge in [0.2, 0.25) is 0 Å². The van der Waals surface area contributed by atoms with Crippen LogP contribution in [0.2, 0.25) is 5.02 Å². The van der Waals surface area contributed by atoms with Crippen molar-refractivity contribution in [3.05, 3.63) is 59.1 Å². The Balaban J connectivity index is 2.32. The summed E-state index contributed by atoms with van der Waals surface area (Å²) in [6.45, 7) is 0. The topological polar surface area (TPSA) is 9.23 Å². The molecule has 0 saturated carbocycles. The van der Waals surface area contributed by atoms with Crippen molar-refractivity contribution in [3.63, 3.8) is 0 Å². The maximum atomic E-state index is 12.7. The molecule has 0 aliphatic heterocycles. The fourth-order valence-electron chi connectivity index (χ4n) is 1.42. The molecule has 0 spiro atoms. The molecule has 18 heavy (non-hydrogen) atoms. The number of hydrogen-bond acceptors (Lipinski definition) is 1. The number of ether oxygens (including phenoxy) is 1. The summed E-state index contributed by atoms with van der Waals surface area (Å²) in [6.07, 6.45) is -4.44. The monoisotopic (exact) mass is 272 g/mol. The molecule has 2 aromatic carbocycles. The number of halogens is 4. The second-order valence-electron chi connectivity index (χ2n) is 3.55. The molecule has 0 saturated heterocycles. The predicted molar refractivity (Wildman–Crippen MR) is 63.0 cm³/mol. The molecule has 0 aliphatic rings. The van der Waals surface area contributed by atoms with E-state index in [-0.39, 0.29) is 5.75 Å². The van der Waals surface area contributed by atoms with E-state index in [0.29, 0.717) is 10.8 Å². The maximum Gasteiger partial charge on any atom is 0.419 e. The van der Waals surface area contributed by atoms with Gasteiger partial charge in [-0.2, -0.15) is 13.2 Å². The Morgan fingerprint density at radius 2 is 1.50 bits per heavy atom. The highest BCUT2D eigenvalue weighted by Crippen LogP contribution is 2.37. The minimum absolute atomic E-state index is 0.229. The second-order valence-corrected chi connectivity index (χ2v) is 3.99. The summed E-state index contributed by atoms with van der Waals surface area (Å²) in [6, 6.07) is 11.2. The van der Waals surface area contributed by atoms with Crippen LogP contribution in [-0.2, 0) is 6.18 Å². The standard InChI is InChI=1S/C13H8ClF3O/c14-9-5-7-10(8-6-9)18-12-4-2-1-3-11(12)13(15,16)17/h1-8H. The highest BCUT2D eigenvalue weighted by molar-refractivity contribution is 6.30. The lowest BCUT2D eigenvalue weighted by molar-refractivity contribution is -0.138. The van der Waals surface area contributed by atoms with Gasteiger partial charge in [-0.3, -0.25) is 0 Å². The van der Waals surface area contributed by atoms with Crippen molar-refractivity contribution in [1.82, 2.24) is 0 Å². The molecule has 0 N–H and O–H groups in total. The van der Waals surface area contributed by atoms with Gasteiger partial charge in [0, 0.05) is 5.02 Å². The third kappa shape index (κ3) is 2.96. The average Bonchev–Trinajstić information content (AvgIpc) is 2.31. The molecule has 0 unspecified atom stereocenters. The maximum absolute atomic E-state index is 12.7. The first-order valence-electron chi connectivity index (χ1n) is 5.06. The Morgan fingerprint density at radius 3 is 2.11 bits per heavy atom. The molecule has 0 aromatic heterocycles. The molecule has 94 valence electrons. The van der Waals surface area contributed by atoms with Gasteiger partial charge >= 0.3 is 6.18 Å². The van der Waals surface area contributed by atoms with Crippen molar-refractivity contribution in [2.45, 2.75) is 6.18 Å². The summed E-state index contributed by atoms with van der Waals surface area (Å²) in [5.74, 6) is 0.0726. The molecule has 0 bridgehead atoms. The van der Waals surface area contributed by atoms with E-state index in [9.17, 15) is 13.2 Å². The van der Waals surface area contributed by atoms with Crippen LogP contribution in [0.15, 0.2) is 48.5 Å². The highest BCUT2D eigenvalue weighted by Gasteiger charge is 2.34. The van der Waals surface area contributed by atoms with E-state index in [0.717, 1.165) is 6.07 Å². The van der Waals surface area contributed by atoms with Crippen molar-refractivity contribution in [1.29, 1.82) is 0 Å². The van der Waals surface area contributed by atoms with Crippen LogP contribution >= 0.6 is 11.6 Å². The normalized spacial score (nSPS) is 11.3. The third-order valence-electron chi connectivity index (χ3n) is 2.23. The molecule has 0 aliphatic carbocycles. The molecule has 0 radical (unpaired) electrons. The van der Waals surface area contributed by atoms with Crippen LogP contribution in [0.1, 0.15) is 5.56 Å². The fraction of sp³-hybridized carbons (Fsp3) is 0.0769. The van der Waals surface area contributed by atoms with Crippen LogP contribution in [0.5, 0.6) is 11.5 Å². The zero-order valence-electron chi connectivity index (χ0n) is 9.04. The van der Waals surface area contributed by atoms with Gasteiger partial charge in [-0.05, 0) is 36.4 Å². The quantitative estimate of drug-likeness (QED) is 0.734. The summed E-state index contributed by atoms with van der Waals surface area (Å²) >= 11 is 5.68. The predicted octanol–water partition coefficient (Wildman–Crippen LogP) is 5.15. The van der Waals surface area contributed by atoms with E-state index >= 15 is 0 Å². The molecule has 0 amide bonds. The summed E-state index contributed by atoms with van der Waals surface area (Å²) in [4.78, 5) is 0. The first-order chi connectivity index (χ1) is 8.47. The van der Waals surface area contributed by atoms with Crippen LogP contribution < -0.4 is 4.74 Å². The number of benzene rings is 2. The van der Waals surface area contributed by atoms with E-state index in [2.05, 4.69) is 0 Å². The van der Waals surface area contributed by atoms with E-state index in [1.165, 1.54) is 30.3 Å². The number of alkyl halides is 3. The molecule has 1 nitrogen and oxygen atoms in total. The Morgan fingerprint density at radius 1 is 0.889 bits per heavy atom. The Bertz CT molecular complexity index is 535. The van der Waals surface area contributed by atoms with Gasteiger partial charge < -0.3 is 4.74 Å². The highest BCUT2D eigenvalue weighted by atomic mass is 35.5. The zero-order valence-corrected chi connectivity index (χ0v) is 9.79. The lowest BCUT2D eigenvalue weighted by atomic mass is 10.2. The van der Waals surface area contributed by atoms with Crippen molar-refractivity contribution >= 4 is 11.6 Å². The minimum atomic E-state index is -4.44. The average molecular weight is 273 g/mol.